The summed E-state index contributed by atoms with van der Waals surface area (Å²) in [7, 11) is -0.959. The van der Waals surface area contributed by atoms with E-state index in [2.05, 4.69) is 10.2 Å². The maximum atomic E-state index is 14.9. The number of halogens is 4. The van der Waals surface area contributed by atoms with Gasteiger partial charge in [-0.2, -0.15) is 8.78 Å². The van der Waals surface area contributed by atoms with E-state index in [4.69, 9.17) is 16.0 Å². The van der Waals surface area contributed by atoms with E-state index in [9.17, 15) is 22.2 Å². The Bertz CT molecular complexity index is 1170. The lowest BCUT2D eigenvalue weighted by molar-refractivity contribution is 0.116. The van der Waals surface area contributed by atoms with E-state index in [1.54, 1.807) is 29.2 Å². The van der Waals surface area contributed by atoms with Crippen LogP contribution in [-0.2, 0) is 17.3 Å². The maximum Gasteiger partial charge on any atom is 0.324 e. The van der Waals surface area contributed by atoms with Gasteiger partial charge < -0.3 is 9.32 Å². The van der Waals surface area contributed by atoms with E-state index in [-0.39, 0.29) is 29.6 Å². The van der Waals surface area contributed by atoms with Crippen LogP contribution in [0.15, 0.2) is 46.9 Å². The summed E-state index contributed by atoms with van der Waals surface area (Å²) in [4.78, 5) is 16.2. The van der Waals surface area contributed by atoms with Crippen molar-refractivity contribution in [3.63, 3.8) is 0 Å². The molecule has 2 aromatic carbocycles. The zero-order valence-electron chi connectivity index (χ0n) is 17.1. The monoisotopic (exact) mass is 498 g/mol. The number of carbonyl (C=O) groups is 1. The molecule has 1 saturated heterocycles. The molecule has 1 aromatic heterocycles. The predicted octanol–water partition coefficient (Wildman–Crippen LogP) is 4.66. The Morgan fingerprint density at radius 3 is 2.45 bits per heavy atom. The van der Waals surface area contributed by atoms with Gasteiger partial charge in [0.1, 0.15) is 5.82 Å². The number of hydrogen-bond acceptors (Lipinski definition) is 5. The van der Waals surface area contributed by atoms with Crippen LogP contribution in [0.2, 0.25) is 5.02 Å². The third kappa shape index (κ3) is 5.36. The highest BCUT2D eigenvalue weighted by Gasteiger charge is 2.27. The smallest absolute Gasteiger partial charge is 0.324 e. The van der Waals surface area contributed by atoms with Crippen molar-refractivity contribution in [3.05, 3.63) is 64.8 Å². The summed E-state index contributed by atoms with van der Waals surface area (Å²) in [5.74, 6) is -0.989. The van der Waals surface area contributed by atoms with Crippen LogP contribution < -0.4 is 4.90 Å². The number of rotatable bonds is 5. The fourth-order valence-corrected chi connectivity index (χ4v) is 4.49. The van der Waals surface area contributed by atoms with Crippen molar-refractivity contribution in [2.75, 3.05) is 29.5 Å². The molecule has 7 nitrogen and oxygen atoms in total. The van der Waals surface area contributed by atoms with Crippen LogP contribution in [0.25, 0.3) is 11.5 Å². The summed E-state index contributed by atoms with van der Waals surface area (Å²) in [6.45, 7) is 0.569. The third-order valence-electron chi connectivity index (χ3n) is 5.07. The Balaban J connectivity index is 1.60. The van der Waals surface area contributed by atoms with Gasteiger partial charge in [0.15, 0.2) is 0 Å². The van der Waals surface area contributed by atoms with Crippen molar-refractivity contribution in [3.8, 4) is 11.5 Å². The summed E-state index contributed by atoms with van der Waals surface area (Å²) in [6, 6.07) is 10.2. The first-order valence-corrected chi connectivity index (χ1v) is 11.8. The zero-order valence-corrected chi connectivity index (χ0v) is 18.7. The SMILES string of the molecule is O=C(N1CCS(=O)CC1)N(Cc1ccc(-c2nnc(C(F)F)o2)cc1F)c1ccc(Cl)cc1. The number of aromatic nitrogens is 2. The predicted molar refractivity (Wildman–Crippen MR) is 117 cm³/mol. The Kier molecular flexibility index (Phi) is 6.99. The molecule has 0 N–H and O–H groups in total. The van der Waals surface area contributed by atoms with Crippen molar-refractivity contribution >= 4 is 34.1 Å². The van der Waals surface area contributed by atoms with Gasteiger partial charge >= 0.3 is 12.5 Å². The topological polar surface area (TPSA) is 79.5 Å². The molecule has 174 valence electrons. The molecule has 0 aliphatic carbocycles. The van der Waals surface area contributed by atoms with E-state index < -0.39 is 28.9 Å². The van der Waals surface area contributed by atoms with Crippen molar-refractivity contribution in [1.82, 2.24) is 15.1 Å². The molecule has 1 fully saturated rings. The molecule has 1 aliphatic rings. The van der Waals surface area contributed by atoms with Crippen molar-refractivity contribution in [2.24, 2.45) is 0 Å². The molecule has 2 amide bonds. The van der Waals surface area contributed by atoms with Crippen LogP contribution in [0, 0.1) is 5.82 Å². The Morgan fingerprint density at radius 1 is 1.15 bits per heavy atom. The Hall–Kier alpha value is -2.92. The molecule has 0 spiro atoms. The van der Waals surface area contributed by atoms with Gasteiger partial charge in [-0.3, -0.25) is 9.11 Å². The summed E-state index contributed by atoms with van der Waals surface area (Å²) in [5.41, 5.74) is 0.841. The summed E-state index contributed by atoms with van der Waals surface area (Å²) in [5, 5.41) is 7.24. The number of benzene rings is 2. The average Bonchev–Trinajstić information content (AvgIpc) is 3.30. The number of alkyl halides is 2. The van der Waals surface area contributed by atoms with Crippen LogP contribution in [0.4, 0.5) is 23.7 Å². The second-order valence-electron chi connectivity index (χ2n) is 7.23. The van der Waals surface area contributed by atoms with E-state index >= 15 is 0 Å². The van der Waals surface area contributed by atoms with E-state index in [0.29, 0.717) is 35.3 Å². The van der Waals surface area contributed by atoms with Gasteiger partial charge in [0, 0.05) is 57.2 Å². The van der Waals surface area contributed by atoms with Gasteiger partial charge in [-0.1, -0.05) is 17.7 Å². The van der Waals surface area contributed by atoms with Gasteiger partial charge in [0.05, 0.1) is 6.54 Å². The number of urea groups is 1. The largest absolute Gasteiger partial charge is 0.415 e. The molecule has 0 radical (unpaired) electrons. The molecule has 4 rings (SSSR count). The molecular weight excluding hydrogens is 481 g/mol. The van der Waals surface area contributed by atoms with Crippen LogP contribution in [0.5, 0.6) is 0 Å². The van der Waals surface area contributed by atoms with E-state index in [1.165, 1.54) is 17.0 Å². The van der Waals surface area contributed by atoms with Gasteiger partial charge in [-0.15, -0.1) is 10.2 Å². The van der Waals surface area contributed by atoms with Gasteiger partial charge in [-0.05, 0) is 36.4 Å². The molecule has 0 unspecified atom stereocenters. The number of anilines is 1. The first-order valence-electron chi connectivity index (χ1n) is 9.89. The summed E-state index contributed by atoms with van der Waals surface area (Å²) >= 11 is 5.97. The molecule has 12 heteroatoms. The molecule has 0 bridgehead atoms. The quantitative estimate of drug-likeness (QED) is 0.511. The zero-order chi connectivity index (χ0) is 23.5. The van der Waals surface area contributed by atoms with Crippen molar-refractivity contribution < 1.29 is 26.6 Å². The molecule has 33 heavy (non-hydrogen) atoms. The summed E-state index contributed by atoms with van der Waals surface area (Å²) in [6.07, 6.45) is -2.93. The van der Waals surface area contributed by atoms with E-state index in [0.717, 1.165) is 6.07 Å². The average molecular weight is 499 g/mol. The fourth-order valence-electron chi connectivity index (χ4n) is 3.31. The van der Waals surface area contributed by atoms with Crippen LogP contribution in [0.1, 0.15) is 17.9 Å². The van der Waals surface area contributed by atoms with Crippen LogP contribution in [-0.4, -0.2) is 49.9 Å². The molecule has 1 aliphatic heterocycles. The third-order valence-corrected chi connectivity index (χ3v) is 6.60. The first-order chi connectivity index (χ1) is 15.8. The van der Waals surface area contributed by atoms with Crippen molar-refractivity contribution in [1.29, 1.82) is 0 Å². The summed E-state index contributed by atoms with van der Waals surface area (Å²) < 4.78 is 56.8. The lowest BCUT2D eigenvalue weighted by Gasteiger charge is -2.33. The second-order valence-corrected chi connectivity index (χ2v) is 9.37. The van der Waals surface area contributed by atoms with Crippen LogP contribution in [0.3, 0.4) is 0 Å². The van der Waals surface area contributed by atoms with Gasteiger partial charge in [-0.25, -0.2) is 9.18 Å². The number of hydrogen-bond donors (Lipinski definition) is 0. The molecule has 3 aromatic rings. The van der Waals surface area contributed by atoms with Gasteiger partial charge in [0.25, 0.3) is 5.89 Å². The number of nitrogens with zero attached hydrogens (tertiary/aromatic N) is 4. The van der Waals surface area contributed by atoms with Gasteiger partial charge in [0.2, 0.25) is 5.89 Å². The van der Waals surface area contributed by atoms with Crippen molar-refractivity contribution in [2.45, 2.75) is 13.0 Å². The minimum Gasteiger partial charge on any atom is -0.415 e. The fraction of sp³-hybridized carbons (Fsp3) is 0.286. The number of amides is 2. The molecule has 0 saturated carbocycles. The minimum atomic E-state index is -2.93. The minimum absolute atomic E-state index is 0.0989. The highest BCUT2D eigenvalue weighted by Crippen LogP contribution is 2.27. The highest BCUT2D eigenvalue weighted by atomic mass is 35.5. The molecular formula is C21H18ClF3N4O3S. The maximum absolute atomic E-state index is 14.9. The normalized spacial score (nSPS) is 14.6. The van der Waals surface area contributed by atoms with E-state index in [1.807, 2.05) is 0 Å². The molecule has 0 atom stereocenters. The Labute approximate surface area is 194 Å². The second kappa shape index (κ2) is 9.92. The lowest BCUT2D eigenvalue weighted by Crippen LogP contribution is -2.48. The van der Waals surface area contributed by atoms with Crippen LogP contribution >= 0.6 is 11.6 Å². The molecule has 2 heterocycles. The lowest BCUT2D eigenvalue weighted by atomic mass is 10.1. The standard InChI is InChI=1S/C21H18ClF3N4O3S/c22-15-3-5-16(6-4-15)29(21(30)28-7-9-33(31)10-8-28)12-14-2-1-13(11-17(14)23)19-26-27-20(32-19)18(24)25/h1-6,11,18H,7-10,12H2. The highest BCUT2D eigenvalue weighted by molar-refractivity contribution is 7.85. The Morgan fingerprint density at radius 2 is 1.85 bits per heavy atom. The first kappa shape index (κ1) is 23.2. The number of carbonyl (C=O) groups excluding carboxylic acids is 1.